The van der Waals surface area contributed by atoms with Crippen LogP contribution in [-0.2, 0) is 14.3 Å². The van der Waals surface area contributed by atoms with Crippen LogP contribution in [0.1, 0.15) is 62.8 Å². The SMILES string of the molecule is C[C@H](NC(=O)OC(C)(C)C)C(=O)O[C@@H](C)C(c1ccc(C#N)cc1)c1ccc(C#N)cc1. The number of carbonyl (C=O) groups excluding carboxylic acids is 2. The van der Waals surface area contributed by atoms with Crippen molar-refractivity contribution < 1.29 is 19.1 Å². The summed E-state index contributed by atoms with van der Waals surface area (Å²) in [5.74, 6) is -0.941. The van der Waals surface area contributed by atoms with E-state index >= 15 is 0 Å². The summed E-state index contributed by atoms with van der Waals surface area (Å²) in [6.45, 7) is 8.49. The molecular weight excluding hydrogens is 406 g/mol. The Morgan fingerprint density at radius 3 is 1.69 bits per heavy atom. The maximum Gasteiger partial charge on any atom is 0.408 e. The molecule has 0 spiro atoms. The van der Waals surface area contributed by atoms with E-state index in [1.807, 2.05) is 24.3 Å². The third-order valence-electron chi connectivity index (χ3n) is 4.66. The number of amides is 1. The minimum absolute atomic E-state index is 0.340. The topological polar surface area (TPSA) is 112 Å². The molecule has 2 rings (SSSR count). The first kappa shape index (κ1) is 24.4. The number of hydrogen-bond acceptors (Lipinski definition) is 6. The lowest BCUT2D eigenvalue weighted by Crippen LogP contribution is -2.43. The van der Waals surface area contributed by atoms with Crippen LogP contribution in [0.5, 0.6) is 0 Å². The Hall–Kier alpha value is -3.84. The fraction of sp³-hybridized carbons (Fsp3) is 0.360. The summed E-state index contributed by atoms with van der Waals surface area (Å²) in [6, 6.07) is 17.3. The monoisotopic (exact) mass is 433 g/mol. The number of ether oxygens (including phenoxy) is 2. The highest BCUT2D eigenvalue weighted by Crippen LogP contribution is 2.30. The van der Waals surface area contributed by atoms with Crippen LogP contribution < -0.4 is 5.32 Å². The van der Waals surface area contributed by atoms with Gasteiger partial charge in [-0.15, -0.1) is 0 Å². The first-order chi connectivity index (χ1) is 15.0. The zero-order chi connectivity index (χ0) is 23.9. The quantitative estimate of drug-likeness (QED) is 0.676. The van der Waals surface area contributed by atoms with Crippen molar-refractivity contribution in [3.8, 4) is 12.1 Å². The molecule has 2 atom stereocenters. The van der Waals surface area contributed by atoms with E-state index in [4.69, 9.17) is 20.0 Å². The molecule has 0 heterocycles. The summed E-state index contributed by atoms with van der Waals surface area (Å²) in [5, 5.41) is 20.6. The fourth-order valence-corrected chi connectivity index (χ4v) is 3.16. The molecule has 0 aliphatic heterocycles. The maximum atomic E-state index is 12.6. The predicted octanol–water partition coefficient (Wildman–Crippen LogP) is 4.41. The minimum atomic E-state index is -0.908. The lowest BCUT2D eigenvalue weighted by molar-refractivity contribution is -0.150. The number of benzene rings is 2. The molecule has 0 aromatic heterocycles. The average molecular weight is 434 g/mol. The van der Waals surface area contributed by atoms with Crippen LogP contribution in [0.4, 0.5) is 4.79 Å². The van der Waals surface area contributed by atoms with Gasteiger partial charge in [-0.25, -0.2) is 9.59 Å². The van der Waals surface area contributed by atoms with Crippen LogP contribution in [0.3, 0.4) is 0 Å². The number of nitrogens with zero attached hydrogens (tertiary/aromatic N) is 2. The Morgan fingerprint density at radius 2 is 1.31 bits per heavy atom. The van der Waals surface area contributed by atoms with Crippen molar-refractivity contribution in [1.29, 1.82) is 10.5 Å². The molecule has 1 N–H and O–H groups in total. The summed E-state index contributed by atoms with van der Waals surface area (Å²) in [7, 11) is 0. The molecule has 166 valence electrons. The number of carbonyl (C=O) groups is 2. The predicted molar refractivity (Wildman–Crippen MR) is 119 cm³/mol. The fourth-order valence-electron chi connectivity index (χ4n) is 3.16. The molecule has 0 unspecified atom stereocenters. The largest absolute Gasteiger partial charge is 0.460 e. The maximum absolute atomic E-state index is 12.6. The Labute approximate surface area is 188 Å². The summed E-state index contributed by atoms with van der Waals surface area (Å²) in [4.78, 5) is 24.6. The van der Waals surface area contributed by atoms with Crippen LogP contribution in [0.2, 0.25) is 0 Å². The summed E-state index contributed by atoms with van der Waals surface area (Å²) in [6.07, 6.45) is -1.29. The number of rotatable bonds is 6. The molecule has 1 amide bonds. The van der Waals surface area contributed by atoms with E-state index in [2.05, 4.69) is 17.5 Å². The highest BCUT2D eigenvalue weighted by atomic mass is 16.6. The molecular formula is C25H27N3O4. The second kappa shape index (κ2) is 10.5. The van der Waals surface area contributed by atoms with Gasteiger partial charge in [0.1, 0.15) is 17.7 Å². The first-order valence-corrected chi connectivity index (χ1v) is 10.2. The molecule has 32 heavy (non-hydrogen) atoms. The number of alkyl carbamates (subject to hydrolysis) is 1. The van der Waals surface area contributed by atoms with Crippen molar-refractivity contribution in [3.63, 3.8) is 0 Å². The molecule has 0 aliphatic rings. The Bertz CT molecular complexity index is 968. The van der Waals surface area contributed by atoms with Gasteiger partial charge in [0.2, 0.25) is 0 Å². The normalized spacial score (nSPS) is 12.8. The van der Waals surface area contributed by atoms with Gasteiger partial charge in [0.15, 0.2) is 0 Å². The summed E-state index contributed by atoms with van der Waals surface area (Å²) < 4.78 is 10.9. The third-order valence-corrected chi connectivity index (χ3v) is 4.66. The van der Waals surface area contributed by atoms with E-state index in [1.165, 1.54) is 6.92 Å². The molecule has 2 aromatic rings. The molecule has 0 bridgehead atoms. The summed E-state index contributed by atoms with van der Waals surface area (Å²) in [5.41, 5.74) is 2.06. The van der Waals surface area contributed by atoms with Gasteiger partial charge >= 0.3 is 12.1 Å². The average Bonchev–Trinajstić information content (AvgIpc) is 2.73. The van der Waals surface area contributed by atoms with Crippen LogP contribution >= 0.6 is 0 Å². The van der Waals surface area contributed by atoms with E-state index < -0.39 is 29.8 Å². The van der Waals surface area contributed by atoms with Gasteiger partial charge in [0, 0.05) is 5.92 Å². The molecule has 2 aromatic carbocycles. The number of hydrogen-bond donors (Lipinski definition) is 1. The lowest BCUT2D eigenvalue weighted by atomic mass is 9.86. The van der Waals surface area contributed by atoms with Gasteiger partial charge in [-0.1, -0.05) is 24.3 Å². The molecule has 0 radical (unpaired) electrons. The van der Waals surface area contributed by atoms with Crippen LogP contribution in [0.15, 0.2) is 48.5 Å². The van der Waals surface area contributed by atoms with Crippen molar-refractivity contribution in [1.82, 2.24) is 5.32 Å². The van der Waals surface area contributed by atoms with E-state index in [-0.39, 0.29) is 5.92 Å². The van der Waals surface area contributed by atoms with Gasteiger partial charge in [-0.05, 0) is 70.0 Å². The summed E-state index contributed by atoms with van der Waals surface area (Å²) >= 11 is 0. The second-order valence-electron chi connectivity index (χ2n) is 8.46. The van der Waals surface area contributed by atoms with Gasteiger partial charge in [0.25, 0.3) is 0 Å². The lowest BCUT2D eigenvalue weighted by Gasteiger charge is -2.27. The van der Waals surface area contributed by atoms with Crippen molar-refractivity contribution in [2.75, 3.05) is 0 Å². The zero-order valence-corrected chi connectivity index (χ0v) is 18.9. The van der Waals surface area contributed by atoms with Crippen molar-refractivity contribution in [2.45, 2.75) is 58.3 Å². The molecule has 0 saturated heterocycles. The Kier molecular flexibility index (Phi) is 7.98. The third kappa shape index (κ3) is 6.85. The molecule has 0 fully saturated rings. The standard InChI is InChI=1S/C25H27N3O4/c1-16(28-24(30)32-25(3,4)5)23(29)31-17(2)22(20-10-6-18(14-26)7-11-20)21-12-8-19(15-27)9-13-21/h6-13,16-17,22H,1-5H3,(H,28,30)/t16-,17-/m0/s1. The second-order valence-corrected chi connectivity index (χ2v) is 8.46. The van der Waals surface area contributed by atoms with Gasteiger partial charge < -0.3 is 14.8 Å². The van der Waals surface area contributed by atoms with E-state index in [9.17, 15) is 9.59 Å². The molecule has 7 nitrogen and oxygen atoms in total. The molecule has 7 heteroatoms. The minimum Gasteiger partial charge on any atom is -0.460 e. The van der Waals surface area contributed by atoms with Crippen molar-refractivity contribution in [2.24, 2.45) is 0 Å². The van der Waals surface area contributed by atoms with E-state index in [0.717, 1.165) is 11.1 Å². The van der Waals surface area contributed by atoms with Gasteiger partial charge in [-0.3, -0.25) is 0 Å². The first-order valence-electron chi connectivity index (χ1n) is 10.2. The smallest absolute Gasteiger partial charge is 0.408 e. The van der Waals surface area contributed by atoms with Gasteiger partial charge in [0.05, 0.1) is 23.3 Å². The molecule has 0 saturated carbocycles. The van der Waals surface area contributed by atoms with Crippen molar-refractivity contribution in [3.05, 3.63) is 70.8 Å². The number of nitrogens with one attached hydrogen (secondary N) is 1. The van der Waals surface area contributed by atoms with Crippen LogP contribution in [0, 0.1) is 22.7 Å². The Balaban J connectivity index is 2.22. The molecule has 0 aliphatic carbocycles. The van der Waals surface area contributed by atoms with Crippen LogP contribution in [0.25, 0.3) is 0 Å². The van der Waals surface area contributed by atoms with E-state index in [0.29, 0.717) is 11.1 Å². The van der Waals surface area contributed by atoms with Gasteiger partial charge in [-0.2, -0.15) is 10.5 Å². The van der Waals surface area contributed by atoms with Crippen LogP contribution in [-0.4, -0.2) is 29.8 Å². The number of nitriles is 2. The Morgan fingerprint density at radius 1 is 0.875 bits per heavy atom. The van der Waals surface area contributed by atoms with E-state index in [1.54, 1.807) is 52.0 Å². The zero-order valence-electron chi connectivity index (χ0n) is 18.9. The highest BCUT2D eigenvalue weighted by molar-refractivity contribution is 5.81. The van der Waals surface area contributed by atoms with Crippen molar-refractivity contribution >= 4 is 12.1 Å². The number of esters is 1. The highest BCUT2D eigenvalue weighted by Gasteiger charge is 2.28.